The van der Waals surface area contributed by atoms with Crippen molar-refractivity contribution in [2.24, 2.45) is 0 Å². The van der Waals surface area contributed by atoms with Crippen LogP contribution in [-0.4, -0.2) is 54.1 Å². The van der Waals surface area contributed by atoms with Crippen LogP contribution < -0.4 is 5.32 Å². The molecule has 23 heavy (non-hydrogen) atoms. The smallest absolute Gasteiger partial charge is 0.322 e. The van der Waals surface area contributed by atoms with Gasteiger partial charge in [0.15, 0.2) is 0 Å². The minimum atomic E-state index is -4.31. The molecule has 0 atom stereocenters. The molecule has 1 aromatic carbocycles. The number of amides is 2. The molecule has 0 radical (unpaired) electrons. The Morgan fingerprint density at radius 3 is 2.35 bits per heavy atom. The van der Waals surface area contributed by atoms with E-state index in [0.29, 0.717) is 18.8 Å². The van der Waals surface area contributed by atoms with Crippen LogP contribution in [0.1, 0.15) is 0 Å². The molecule has 1 aliphatic rings. The van der Waals surface area contributed by atoms with Crippen LogP contribution in [0.25, 0.3) is 0 Å². The molecule has 1 aromatic rings. The summed E-state index contributed by atoms with van der Waals surface area (Å²) in [6.45, 7) is 7.27. The summed E-state index contributed by atoms with van der Waals surface area (Å²) < 4.78 is 36.8. The first-order chi connectivity index (χ1) is 10.9. The first-order valence-corrected chi connectivity index (χ1v) is 7.94. The van der Waals surface area contributed by atoms with Gasteiger partial charge in [-0.1, -0.05) is 6.08 Å². The van der Waals surface area contributed by atoms with E-state index in [9.17, 15) is 18.0 Å². The van der Waals surface area contributed by atoms with Crippen molar-refractivity contribution in [1.29, 1.82) is 0 Å². The first-order valence-electron chi connectivity index (χ1n) is 7.12. The average Bonchev–Trinajstić information content (AvgIpc) is 2.49. The lowest BCUT2D eigenvalue weighted by atomic mass is 10.3. The summed E-state index contributed by atoms with van der Waals surface area (Å²) in [6.07, 6.45) is 1.83. The maximum atomic E-state index is 12.3. The van der Waals surface area contributed by atoms with Crippen molar-refractivity contribution in [1.82, 2.24) is 9.80 Å². The third kappa shape index (κ3) is 5.80. The Morgan fingerprint density at radius 2 is 1.83 bits per heavy atom. The van der Waals surface area contributed by atoms with Gasteiger partial charge in [0.25, 0.3) is 0 Å². The van der Waals surface area contributed by atoms with Gasteiger partial charge >= 0.3 is 11.5 Å². The molecule has 0 unspecified atom stereocenters. The van der Waals surface area contributed by atoms with Crippen molar-refractivity contribution < 1.29 is 18.0 Å². The van der Waals surface area contributed by atoms with Gasteiger partial charge in [-0.25, -0.2) is 4.79 Å². The largest absolute Gasteiger partial charge is 0.446 e. The van der Waals surface area contributed by atoms with Crippen molar-refractivity contribution in [3.05, 3.63) is 36.9 Å². The van der Waals surface area contributed by atoms with Crippen molar-refractivity contribution in [2.45, 2.75) is 10.4 Å². The fraction of sp³-hybridized carbons (Fsp3) is 0.400. The van der Waals surface area contributed by atoms with Crippen LogP contribution in [-0.2, 0) is 0 Å². The number of urea groups is 1. The Bertz CT molecular complexity index is 540. The highest BCUT2D eigenvalue weighted by Crippen LogP contribution is 2.37. The van der Waals surface area contributed by atoms with Crippen LogP contribution in [0.15, 0.2) is 41.8 Å². The van der Waals surface area contributed by atoms with Gasteiger partial charge in [0.05, 0.1) is 0 Å². The van der Waals surface area contributed by atoms with Crippen LogP contribution >= 0.6 is 11.8 Å². The topological polar surface area (TPSA) is 35.6 Å². The quantitative estimate of drug-likeness (QED) is 0.669. The van der Waals surface area contributed by atoms with E-state index in [-0.39, 0.29) is 22.7 Å². The number of benzene rings is 1. The molecule has 0 saturated carbocycles. The Labute approximate surface area is 137 Å². The minimum Gasteiger partial charge on any atom is -0.322 e. The third-order valence-electron chi connectivity index (χ3n) is 3.39. The number of nitrogens with one attached hydrogen (secondary N) is 1. The lowest BCUT2D eigenvalue weighted by Gasteiger charge is -2.34. The van der Waals surface area contributed by atoms with Crippen molar-refractivity contribution >= 4 is 23.5 Å². The van der Waals surface area contributed by atoms with E-state index in [1.54, 1.807) is 4.90 Å². The van der Waals surface area contributed by atoms with Gasteiger partial charge in [0.1, 0.15) is 0 Å². The third-order valence-corrected chi connectivity index (χ3v) is 4.13. The number of hydrogen-bond donors (Lipinski definition) is 1. The molecule has 1 fully saturated rings. The number of halogens is 3. The number of thioether (sulfide) groups is 1. The molecule has 2 amide bonds. The molecule has 1 heterocycles. The van der Waals surface area contributed by atoms with Crippen LogP contribution in [0.2, 0.25) is 0 Å². The van der Waals surface area contributed by atoms with E-state index in [1.807, 2.05) is 6.08 Å². The first kappa shape index (κ1) is 17.7. The highest BCUT2D eigenvalue weighted by molar-refractivity contribution is 8.00. The molecule has 1 saturated heterocycles. The zero-order valence-electron chi connectivity index (χ0n) is 12.5. The Morgan fingerprint density at radius 1 is 1.22 bits per heavy atom. The Kier molecular flexibility index (Phi) is 5.95. The fourth-order valence-corrected chi connectivity index (χ4v) is 2.80. The molecule has 0 aliphatic carbocycles. The molecule has 8 heteroatoms. The van der Waals surface area contributed by atoms with Crippen LogP contribution in [0.4, 0.5) is 23.7 Å². The van der Waals surface area contributed by atoms with Gasteiger partial charge in [0.2, 0.25) is 0 Å². The van der Waals surface area contributed by atoms with E-state index in [4.69, 9.17) is 0 Å². The summed E-state index contributed by atoms with van der Waals surface area (Å²) >= 11 is -0.175. The minimum absolute atomic E-state index is 0.0912. The molecule has 2 rings (SSSR count). The second-order valence-corrected chi connectivity index (χ2v) is 6.22. The number of piperazine rings is 1. The molecule has 4 nitrogen and oxygen atoms in total. The normalized spacial score (nSPS) is 16.2. The second kappa shape index (κ2) is 7.74. The molecule has 1 aliphatic heterocycles. The van der Waals surface area contributed by atoms with E-state index in [0.717, 1.165) is 19.6 Å². The number of rotatable bonds is 4. The Hall–Kier alpha value is -1.67. The average molecular weight is 345 g/mol. The highest BCUT2D eigenvalue weighted by atomic mass is 32.2. The van der Waals surface area contributed by atoms with Crippen LogP contribution in [0.5, 0.6) is 0 Å². The summed E-state index contributed by atoms with van der Waals surface area (Å²) in [5.41, 5.74) is -3.83. The van der Waals surface area contributed by atoms with Crippen molar-refractivity contribution in [2.75, 3.05) is 38.0 Å². The lowest BCUT2D eigenvalue weighted by Crippen LogP contribution is -2.49. The zero-order chi connectivity index (χ0) is 16.9. The molecule has 0 bridgehead atoms. The Balaban J connectivity index is 1.85. The summed E-state index contributed by atoms with van der Waals surface area (Å²) in [7, 11) is 0. The number of carbonyl (C=O) groups is 1. The predicted octanol–water partition coefficient (Wildman–Crippen LogP) is 3.63. The van der Waals surface area contributed by atoms with Crippen molar-refractivity contribution in [3.8, 4) is 0 Å². The second-order valence-electron chi connectivity index (χ2n) is 5.08. The summed E-state index contributed by atoms with van der Waals surface area (Å²) in [4.78, 5) is 16.1. The maximum absolute atomic E-state index is 12.3. The van der Waals surface area contributed by atoms with Gasteiger partial charge in [-0.05, 0) is 36.0 Å². The molecule has 0 spiro atoms. The van der Waals surface area contributed by atoms with E-state index < -0.39 is 5.51 Å². The van der Waals surface area contributed by atoms with Crippen LogP contribution in [0.3, 0.4) is 0 Å². The van der Waals surface area contributed by atoms with Gasteiger partial charge in [-0.15, -0.1) is 6.58 Å². The summed E-state index contributed by atoms with van der Waals surface area (Å²) in [6, 6.07) is 5.39. The number of nitrogens with zero attached hydrogens (tertiary/aromatic N) is 2. The predicted molar refractivity (Wildman–Crippen MR) is 85.6 cm³/mol. The zero-order valence-corrected chi connectivity index (χ0v) is 13.3. The number of alkyl halides is 3. The standard InChI is InChI=1S/C15H18F3N3OS/c1-2-7-20-8-10-21(11-9-20)14(22)19-12-3-5-13(6-4-12)23-15(16,17)18/h2-6H,1,7-11H2,(H,19,22). The van der Waals surface area contributed by atoms with Gasteiger partial charge in [-0.2, -0.15) is 13.2 Å². The molecular weight excluding hydrogens is 327 g/mol. The number of hydrogen-bond acceptors (Lipinski definition) is 3. The van der Waals surface area contributed by atoms with E-state index in [2.05, 4.69) is 16.8 Å². The SMILES string of the molecule is C=CCN1CCN(C(=O)Nc2ccc(SC(F)(F)F)cc2)CC1. The van der Waals surface area contributed by atoms with E-state index >= 15 is 0 Å². The van der Waals surface area contributed by atoms with Crippen LogP contribution in [0, 0.1) is 0 Å². The summed E-state index contributed by atoms with van der Waals surface area (Å²) in [5.74, 6) is 0. The molecular formula is C15H18F3N3OS. The lowest BCUT2D eigenvalue weighted by molar-refractivity contribution is -0.0328. The van der Waals surface area contributed by atoms with Crippen molar-refractivity contribution in [3.63, 3.8) is 0 Å². The fourth-order valence-electron chi connectivity index (χ4n) is 2.26. The number of carbonyl (C=O) groups excluding carboxylic acids is 1. The number of anilines is 1. The molecule has 1 N–H and O–H groups in total. The van der Waals surface area contributed by atoms with Gasteiger partial charge in [-0.3, -0.25) is 4.90 Å². The molecule has 126 valence electrons. The highest BCUT2D eigenvalue weighted by Gasteiger charge is 2.29. The van der Waals surface area contributed by atoms with E-state index in [1.165, 1.54) is 24.3 Å². The summed E-state index contributed by atoms with van der Waals surface area (Å²) in [5, 5.41) is 2.71. The van der Waals surface area contributed by atoms with Gasteiger partial charge in [0, 0.05) is 43.3 Å². The monoisotopic (exact) mass is 345 g/mol. The van der Waals surface area contributed by atoms with Gasteiger partial charge < -0.3 is 10.2 Å². The molecule has 0 aromatic heterocycles. The maximum Gasteiger partial charge on any atom is 0.446 e.